The van der Waals surface area contributed by atoms with Crippen molar-refractivity contribution >= 4 is 17.7 Å². The first-order chi connectivity index (χ1) is 8.31. The Morgan fingerprint density at radius 3 is 2.39 bits per heavy atom. The number of nitrogens with zero attached hydrogens (tertiary/aromatic N) is 2. The van der Waals surface area contributed by atoms with Gasteiger partial charge in [0.25, 0.3) is 5.69 Å². The summed E-state index contributed by atoms with van der Waals surface area (Å²) < 4.78 is 0. The van der Waals surface area contributed by atoms with Crippen LogP contribution < -0.4 is 4.90 Å². The van der Waals surface area contributed by atoms with Gasteiger partial charge in [-0.1, -0.05) is 0 Å². The van der Waals surface area contributed by atoms with Crippen LogP contribution in [0.25, 0.3) is 0 Å². The Kier molecular flexibility index (Phi) is 4.06. The van der Waals surface area contributed by atoms with E-state index >= 15 is 0 Å². The molecule has 0 saturated heterocycles. The Hall–Kier alpha value is -1.91. The van der Waals surface area contributed by atoms with Crippen molar-refractivity contribution in [1.29, 1.82) is 0 Å². The predicted octanol–water partition coefficient (Wildman–Crippen LogP) is 3.03. The minimum absolute atomic E-state index is 0.0311. The van der Waals surface area contributed by atoms with Crippen molar-refractivity contribution in [2.75, 3.05) is 11.4 Å². The minimum Gasteiger partial charge on any atom is -0.361 e. The second-order valence-electron chi connectivity index (χ2n) is 5.04. The average Bonchev–Trinajstić information content (AvgIpc) is 2.28. The van der Waals surface area contributed by atoms with Gasteiger partial charge >= 0.3 is 0 Å². The van der Waals surface area contributed by atoms with Gasteiger partial charge in [-0.2, -0.15) is 0 Å². The van der Waals surface area contributed by atoms with E-state index in [2.05, 4.69) is 0 Å². The van der Waals surface area contributed by atoms with Crippen LogP contribution in [0.15, 0.2) is 18.2 Å². The van der Waals surface area contributed by atoms with Gasteiger partial charge in [0.05, 0.1) is 4.92 Å². The Bertz CT molecular complexity index is 464. The van der Waals surface area contributed by atoms with Gasteiger partial charge in [0, 0.05) is 23.7 Å². The Morgan fingerprint density at radius 1 is 1.39 bits per heavy atom. The summed E-state index contributed by atoms with van der Waals surface area (Å²) in [5.41, 5.74) is 0.606. The molecule has 0 spiro atoms. The summed E-state index contributed by atoms with van der Waals surface area (Å²) in [4.78, 5) is 23.3. The van der Waals surface area contributed by atoms with Gasteiger partial charge < -0.3 is 4.90 Å². The minimum atomic E-state index is -0.448. The first kappa shape index (κ1) is 14.2. The molecule has 1 aromatic carbocycles. The van der Waals surface area contributed by atoms with E-state index in [1.165, 1.54) is 6.07 Å². The number of rotatable bonds is 4. The van der Waals surface area contributed by atoms with E-state index in [1.54, 1.807) is 12.1 Å². The number of benzene rings is 1. The van der Waals surface area contributed by atoms with Crippen molar-refractivity contribution in [3.8, 4) is 0 Å². The van der Waals surface area contributed by atoms with E-state index in [1.807, 2.05) is 32.6 Å². The lowest BCUT2D eigenvalue weighted by Gasteiger charge is -2.36. The van der Waals surface area contributed by atoms with Crippen LogP contribution in [0.1, 0.15) is 38.1 Å². The Labute approximate surface area is 107 Å². The van der Waals surface area contributed by atoms with Gasteiger partial charge in [0.15, 0.2) is 0 Å². The molecule has 0 atom stereocenters. The van der Waals surface area contributed by atoms with Gasteiger partial charge in [-0.15, -0.1) is 0 Å². The maximum atomic E-state index is 11.1. The van der Waals surface area contributed by atoms with Crippen LogP contribution in [0.5, 0.6) is 0 Å². The fraction of sp³-hybridized carbons (Fsp3) is 0.462. The number of hydrogen-bond acceptors (Lipinski definition) is 4. The third-order valence-corrected chi connectivity index (χ3v) is 2.75. The standard InChI is InChI=1S/C13H18N2O3/c1-5-14(13(2,3)4)11-7-6-10(9-16)8-12(11)15(17)18/h6-9H,5H2,1-4H3. The topological polar surface area (TPSA) is 63.5 Å². The molecule has 0 N–H and O–H groups in total. The summed E-state index contributed by atoms with van der Waals surface area (Å²) in [6.45, 7) is 8.59. The first-order valence-corrected chi connectivity index (χ1v) is 5.82. The molecule has 0 aliphatic carbocycles. The molecule has 0 amide bonds. The summed E-state index contributed by atoms with van der Waals surface area (Å²) in [7, 11) is 0. The van der Waals surface area contributed by atoms with Crippen LogP contribution in [0.4, 0.5) is 11.4 Å². The monoisotopic (exact) mass is 250 g/mol. The number of carbonyl (C=O) groups excluding carboxylic acids is 1. The number of carbonyl (C=O) groups is 1. The van der Waals surface area contributed by atoms with Gasteiger partial charge in [-0.25, -0.2) is 0 Å². The van der Waals surface area contributed by atoms with Gasteiger partial charge in [0.1, 0.15) is 12.0 Å². The summed E-state index contributed by atoms with van der Waals surface area (Å²) in [6.07, 6.45) is 0.615. The molecule has 1 aromatic rings. The molecule has 5 heteroatoms. The predicted molar refractivity (Wildman–Crippen MR) is 71.3 cm³/mol. The summed E-state index contributed by atoms with van der Waals surface area (Å²) in [6, 6.07) is 4.55. The lowest BCUT2D eigenvalue weighted by Crippen LogP contribution is -2.41. The maximum absolute atomic E-state index is 11.1. The highest BCUT2D eigenvalue weighted by Gasteiger charge is 2.26. The number of nitro groups is 1. The molecule has 0 unspecified atom stereocenters. The zero-order valence-electron chi connectivity index (χ0n) is 11.1. The molecular weight excluding hydrogens is 232 g/mol. The van der Waals surface area contributed by atoms with Crippen LogP contribution in [-0.4, -0.2) is 23.3 Å². The van der Waals surface area contributed by atoms with E-state index in [9.17, 15) is 14.9 Å². The normalized spacial score (nSPS) is 11.1. The zero-order chi connectivity index (χ0) is 13.9. The lowest BCUT2D eigenvalue weighted by atomic mass is 10.0. The zero-order valence-corrected chi connectivity index (χ0v) is 11.1. The van der Waals surface area contributed by atoms with Crippen LogP contribution in [0, 0.1) is 10.1 Å². The second kappa shape index (κ2) is 5.16. The Morgan fingerprint density at radius 2 is 2.00 bits per heavy atom. The molecule has 5 nitrogen and oxygen atoms in total. The largest absolute Gasteiger partial charge is 0.361 e. The lowest BCUT2D eigenvalue weighted by molar-refractivity contribution is -0.384. The van der Waals surface area contributed by atoms with Crippen LogP contribution in [-0.2, 0) is 0 Å². The van der Waals surface area contributed by atoms with Crippen molar-refractivity contribution in [2.45, 2.75) is 33.2 Å². The molecule has 0 radical (unpaired) electrons. The number of anilines is 1. The van der Waals surface area contributed by atoms with E-state index in [0.717, 1.165) is 0 Å². The van der Waals surface area contributed by atoms with Crippen molar-refractivity contribution < 1.29 is 9.72 Å². The molecule has 18 heavy (non-hydrogen) atoms. The van der Waals surface area contributed by atoms with Crippen molar-refractivity contribution in [1.82, 2.24) is 0 Å². The first-order valence-electron chi connectivity index (χ1n) is 5.82. The molecule has 0 saturated carbocycles. The van der Waals surface area contributed by atoms with Gasteiger partial charge in [0.2, 0.25) is 0 Å². The maximum Gasteiger partial charge on any atom is 0.293 e. The van der Waals surface area contributed by atoms with Crippen LogP contribution >= 0.6 is 0 Å². The highest BCUT2D eigenvalue weighted by Crippen LogP contribution is 2.33. The fourth-order valence-electron chi connectivity index (χ4n) is 1.99. The molecule has 98 valence electrons. The summed E-state index contributed by atoms with van der Waals surface area (Å²) in [5, 5.41) is 11.1. The van der Waals surface area contributed by atoms with Gasteiger partial charge in [-0.05, 0) is 39.8 Å². The highest BCUT2D eigenvalue weighted by atomic mass is 16.6. The number of hydrogen-bond donors (Lipinski definition) is 0. The smallest absolute Gasteiger partial charge is 0.293 e. The van der Waals surface area contributed by atoms with E-state index in [0.29, 0.717) is 24.1 Å². The SMILES string of the molecule is CCN(c1ccc(C=O)cc1[N+](=O)[O-])C(C)(C)C. The van der Waals surface area contributed by atoms with E-state index in [-0.39, 0.29) is 11.2 Å². The van der Waals surface area contributed by atoms with E-state index < -0.39 is 4.92 Å². The molecule has 1 rings (SSSR count). The highest BCUT2D eigenvalue weighted by molar-refractivity contribution is 5.79. The molecule has 0 aromatic heterocycles. The third-order valence-electron chi connectivity index (χ3n) is 2.75. The molecule has 0 bridgehead atoms. The van der Waals surface area contributed by atoms with Crippen molar-refractivity contribution in [3.05, 3.63) is 33.9 Å². The molecular formula is C13H18N2O3. The quantitative estimate of drug-likeness (QED) is 0.468. The van der Waals surface area contributed by atoms with Crippen LogP contribution in [0.2, 0.25) is 0 Å². The summed E-state index contributed by atoms with van der Waals surface area (Å²) in [5.74, 6) is 0. The van der Waals surface area contributed by atoms with Crippen molar-refractivity contribution in [3.63, 3.8) is 0 Å². The molecule has 0 fully saturated rings. The average molecular weight is 250 g/mol. The second-order valence-corrected chi connectivity index (χ2v) is 5.04. The fourth-order valence-corrected chi connectivity index (χ4v) is 1.99. The van der Waals surface area contributed by atoms with Crippen LogP contribution in [0.3, 0.4) is 0 Å². The van der Waals surface area contributed by atoms with Gasteiger partial charge in [-0.3, -0.25) is 14.9 Å². The molecule has 0 aliphatic heterocycles. The third kappa shape index (κ3) is 2.85. The Balaban J connectivity index is 3.39. The molecule has 0 aliphatic rings. The van der Waals surface area contributed by atoms with Crippen molar-refractivity contribution in [2.24, 2.45) is 0 Å². The number of nitro benzene ring substituents is 1. The molecule has 0 heterocycles. The van der Waals surface area contributed by atoms with E-state index in [4.69, 9.17) is 0 Å². The number of aldehydes is 1. The summed E-state index contributed by atoms with van der Waals surface area (Å²) >= 11 is 0.